The Morgan fingerprint density at radius 2 is 1.63 bits per heavy atom. The monoisotopic (exact) mass is 421 g/mol. The Balaban J connectivity index is 1.61. The van der Waals surface area contributed by atoms with Crippen molar-refractivity contribution in [2.24, 2.45) is 0 Å². The molecule has 0 saturated heterocycles. The molecule has 2 heterocycles. The van der Waals surface area contributed by atoms with E-state index in [0.29, 0.717) is 29.3 Å². The van der Waals surface area contributed by atoms with Crippen LogP contribution in [0.4, 0.5) is 5.69 Å². The lowest BCUT2D eigenvalue weighted by Gasteiger charge is -2.22. The minimum atomic E-state index is -3.81. The first-order valence-electron chi connectivity index (χ1n) is 9.61. The summed E-state index contributed by atoms with van der Waals surface area (Å²) >= 11 is 0. The van der Waals surface area contributed by atoms with Gasteiger partial charge in [0.15, 0.2) is 21.3 Å². The number of rotatable bonds is 3. The van der Waals surface area contributed by atoms with E-state index < -0.39 is 15.1 Å². The molecule has 6 nitrogen and oxygen atoms in total. The molecule has 1 amide bonds. The number of carbonyl (C=O) groups is 1. The fourth-order valence-electron chi connectivity index (χ4n) is 3.94. The van der Waals surface area contributed by atoms with Crippen LogP contribution in [-0.4, -0.2) is 21.1 Å². The van der Waals surface area contributed by atoms with Crippen molar-refractivity contribution in [2.75, 3.05) is 11.7 Å². The van der Waals surface area contributed by atoms with Gasteiger partial charge in [-0.25, -0.2) is 8.42 Å². The smallest absolute Gasteiger partial charge is 0.231 e. The van der Waals surface area contributed by atoms with Crippen molar-refractivity contribution in [3.63, 3.8) is 0 Å². The van der Waals surface area contributed by atoms with Gasteiger partial charge in [-0.15, -0.1) is 0 Å². The average Bonchev–Trinajstić information content (AvgIpc) is 3.21. The SMILES string of the molecule is O=C1CC(c2ccc3c(c2)OCO3)S(=O)(=O)c2ccccc2N1Cc1ccccc1. The lowest BCUT2D eigenvalue weighted by molar-refractivity contribution is -0.118. The van der Waals surface area contributed by atoms with Crippen molar-refractivity contribution in [3.8, 4) is 11.5 Å². The second-order valence-electron chi connectivity index (χ2n) is 7.28. The highest BCUT2D eigenvalue weighted by molar-refractivity contribution is 7.92. The van der Waals surface area contributed by atoms with Crippen LogP contribution in [-0.2, 0) is 21.2 Å². The maximum atomic E-state index is 13.6. The van der Waals surface area contributed by atoms with E-state index in [2.05, 4.69) is 0 Å². The lowest BCUT2D eigenvalue weighted by atomic mass is 10.1. The molecule has 1 atom stereocenters. The van der Waals surface area contributed by atoms with Crippen molar-refractivity contribution in [1.29, 1.82) is 0 Å². The zero-order valence-corrected chi connectivity index (χ0v) is 16.8. The van der Waals surface area contributed by atoms with Crippen LogP contribution in [0.25, 0.3) is 0 Å². The number of ether oxygens (including phenoxy) is 2. The van der Waals surface area contributed by atoms with Crippen LogP contribution in [0, 0.1) is 0 Å². The number of hydrogen-bond donors (Lipinski definition) is 0. The van der Waals surface area contributed by atoms with Crippen molar-refractivity contribution in [1.82, 2.24) is 0 Å². The summed E-state index contributed by atoms with van der Waals surface area (Å²) in [6, 6.07) is 21.3. The Kier molecular flexibility index (Phi) is 4.47. The molecule has 0 aliphatic carbocycles. The quantitative estimate of drug-likeness (QED) is 0.642. The second-order valence-corrected chi connectivity index (χ2v) is 9.38. The van der Waals surface area contributed by atoms with E-state index in [1.165, 1.54) is 0 Å². The van der Waals surface area contributed by atoms with E-state index in [1.54, 1.807) is 47.4 Å². The summed E-state index contributed by atoms with van der Waals surface area (Å²) in [5, 5.41) is -0.999. The van der Waals surface area contributed by atoms with Crippen LogP contribution < -0.4 is 14.4 Å². The molecule has 5 rings (SSSR count). The van der Waals surface area contributed by atoms with Crippen LogP contribution in [0.3, 0.4) is 0 Å². The molecule has 152 valence electrons. The first kappa shape index (κ1) is 18.7. The van der Waals surface area contributed by atoms with Crippen LogP contribution in [0.15, 0.2) is 77.7 Å². The van der Waals surface area contributed by atoms with E-state index in [1.807, 2.05) is 30.3 Å². The van der Waals surface area contributed by atoms with Gasteiger partial charge in [0.2, 0.25) is 12.7 Å². The van der Waals surface area contributed by atoms with Crippen molar-refractivity contribution in [3.05, 3.63) is 83.9 Å². The van der Waals surface area contributed by atoms with Crippen molar-refractivity contribution < 1.29 is 22.7 Å². The van der Waals surface area contributed by atoms with Gasteiger partial charge in [0.05, 0.1) is 22.4 Å². The Labute approximate surface area is 174 Å². The molecule has 0 saturated carbocycles. The number of hydrogen-bond acceptors (Lipinski definition) is 5. The van der Waals surface area contributed by atoms with E-state index in [0.717, 1.165) is 5.56 Å². The molecule has 0 N–H and O–H groups in total. The van der Waals surface area contributed by atoms with Gasteiger partial charge in [0, 0.05) is 6.42 Å². The number of nitrogens with zero attached hydrogens (tertiary/aromatic N) is 1. The van der Waals surface area contributed by atoms with Gasteiger partial charge in [-0.05, 0) is 35.4 Å². The highest BCUT2D eigenvalue weighted by atomic mass is 32.2. The van der Waals surface area contributed by atoms with Crippen LogP contribution in [0.1, 0.15) is 22.8 Å². The van der Waals surface area contributed by atoms with E-state index in [4.69, 9.17) is 9.47 Å². The predicted octanol–water partition coefficient (Wildman–Crippen LogP) is 3.87. The van der Waals surface area contributed by atoms with Crippen molar-refractivity contribution in [2.45, 2.75) is 23.1 Å². The average molecular weight is 421 g/mol. The maximum absolute atomic E-state index is 13.6. The molecule has 3 aromatic rings. The summed E-state index contributed by atoms with van der Waals surface area (Å²) in [5.41, 5.74) is 1.86. The molecule has 0 aromatic heterocycles. The summed E-state index contributed by atoms with van der Waals surface area (Å²) in [5.74, 6) is 0.825. The largest absolute Gasteiger partial charge is 0.454 e. The zero-order chi connectivity index (χ0) is 20.7. The minimum Gasteiger partial charge on any atom is -0.454 e. The lowest BCUT2D eigenvalue weighted by Crippen LogP contribution is -2.30. The molecule has 0 radical (unpaired) electrons. The van der Waals surface area contributed by atoms with Gasteiger partial charge >= 0.3 is 0 Å². The van der Waals surface area contributed by atoms with E-state index in [9.17, 15) is 13.2 Å². The number of amides is 1. The van der Waals surface area contributed by atoms with Crippen LogP contribution in [0.5, 0.6) is 11.5 Å². The van der Waals surface area contributed by atoms with Crippen molar-refractivity contribution >= 4 is 21.4 Å². The molecule has 7 heteroatoms. The van der Waals surface area contributed by atoms with E-state index >= 15 is 0 Å². The van der Waals surface area contributed by atoms with Crippen LogP contribution in [0.2, 0.25) is 0 Å². The van der Waals surface area contributed by atoms with Gasteiger partial charge in [0.25, 0.3) is 0 Å². The molecular formula is C23H19NO5S. The number of benzene rings is 3. The number of carbonyl (C=O) groups excluding carboxylic acids is 1. The molecule has 3 aromatic carbocycles. The van der Waals surface area contributed by atoms with Crippen LogP contribution >= 0.6 is 0 Å². The molecule has 1 unspecified atom stereocenters. The Bertz CT molecular complexity index is 1220. The molecule has 30 heavy (non-hydrogen) atoms. The number of sulfone groups is 1. The summed E-state index contributed by atoms with van der Waals surface area (Å²) in [6.45, 7) is 0.406. The number of fused-ring (bicyclic) bond motifs is 2. The summed E-state index contributed by atoms with van der Waals surface area (Å²) in [4.78, 5) is 15.0. The standard InChI is InChI=1S/C23H19NO5S/c25-23-13-22(17-10-11-19-20(12-17)29-15-28-19)30(26,27)21-9-5-4-8-18(21)24(23)14-16-6-2-1-3-7-16/h1-12,22H,13-15H2. The molecule has 0 fully saturated rings. The minimum absolute atomic E-state index is 0.100. The summed E-state index contributed by atoms with van der Waals surface area (Å²) in [6.07, 6.45) is -0.149. The fourth-order valence-corrected chi connectivity index (χ4v) is 5.85. The summed E-state index contributed by atoms with van der Waals surface area (Å²) in [7, 11) is -3.81. The highest BCUT2D eigenvalue weighted by Gasteiger charge is 2.39. The van der Waals surface area contributed by atoms with Gasteiger partial charge in [0.1, 0.15) is 0 Å². The third-order valence-corrected chi connectivity index (χ3v) is 7.60. The Morgan fingerprint density at radius 3 is 2.47 bits per heavy atom. The molecule has 2 aliphatic heterocycles. The maximum Gasteiger partial charge on any atom is 0.231 e. The molecular weight excluding hydrogens is 402 g/mol. The molecule has 2 aliphatic rings. The third kappa shape index (κ3) is 3.11. The molecule has 0 spiro atoms. The first-order valence-corrected chi connectivity index (χ1v) is 11.2. The van der Waals surface area contributed by atoms with Gasteiger partial charge in [-0.3, -0.25) is 4.79 Å². The fraction of sp³-hybridized carbons (Fsp3) is 0.174. The number of para-hydroxylation sites is 1. The summed E-state index contributed by atoms with van der Waals surface area (Å²) < 4.78 is 38.0. The third-order valence-electron chi connectivity index (χ3n) is 5.45. The predicted molar refractivity (Wildman–Crippen MR) is 111 cm³/mol. The Hall–Kier alpha value is -3.32. The normalized spacial score (nSPS) is 19.3. The highest BCUT2D eigenvalue weighted by Crippen LogP contribution is 2.43. The second kappa shape index (κ2) is 7.18. The zero-order valence-electron chi connectivity index (χ0n) is 16.0. The van der Waals surface area contributed by atoms with Gasteiger partial charge in [-0.1, -0.05) is 48.5 Å². The first-order chi connectivity index (χ1) is 14.5. The topological polar surface area (TPSA) is 72.9 Å². The van der Waals surface area contributed by atoms with Gasteiger partial charge < -0.3 is 14.4 Å². The van der Waals surface area contributed by atoms with E-state index in [-0.39, 0.29) is 24.0 Å². The number of anilines is 1. The van der Waals surface area contributed by atoms with Gasteiger partial charge in [-0.2, -0.15) is 0 Å². The Morgan fingerprint density at radius 1 is 0.900 bits per heavy atom. The molecule has 0 bridgehead atoms.